The van der Waals surface area contributed by atoms with E-state index in [2.05, 4.69) is 5.32 Å². The van der Waals surface area contributed by atoms with Crippen LogP contribution in [0.5, 0.6) is 0 Å². The number of nitrogens with one attached hydrogen (secondary N) is 1. The first kappa shape index (κ1) is 13.3. The quantitative estimate of drug-likeness (QED) is 0.787. The molecule has 0 amide bonds. The number of carbonyl (C=O) groups is 1. The van der Waals surface area contributed by atoms with Crippen LogP contribution in [0.15, 0.2) is 0 Å². The van der Waals surface area contributed by atoms with Gasteiger partial charge in [0.25, 0.3) is 0 Å². The Morgan fingerprint density at radius 2 is 1.95 bits per heavy atom. The minimum Gasteiger partial charge on any atom is -0.480 e. The van der Waals surface area contributed by atoms with Crippen LogP contribution in [0, 0.1) is 5.92 Å². The van der Waals surface area contributed by atoms with Crippen LogP contribution in [0.1, 0.15) is 38.5 Å². The summed E-state index contributed by atoms with van der Waals surface area (Å²) >= 11 is 0. The molecule has 0 aromatic heterocycles. The zero-order valence-electron chi connectivity index (χ0n) is 11.3. The molecule has 0 radical (unpaired) electrons. The molecule has 3 fully saturated rings. The van der Waals surface area contributed by atoms with E-state index >= 15 is 0 Å². The van der Waals surface area contributed by atoms with Gasteiger partial charge in [-0.15, -0.1) is 0 Å². The Labute approximate surface area is 113 Å². The van der Waals surface area contributed by atoms with Crippen molar-refractivity contribution in [2.75, 3.05) is 19.8 Å². The van der Waals surface area contributed by atoms with E-state index in [9.17, 15) is 4.79 Å². The van der Waals surface area contributed by atoms with Gasteiger partial charge in [0.15, 0.2) is 0 Å². The first-order chi connectivity index (χ1) is 9.19. The highest BCUT2D eigenvalue weighted by Crippen LogP contribution is 2.39. The molecule has 3 aliphatic rings. The normalized spacial score (nSPS) is 38.4. The van der Waals surface area contributed by atoms with Crippen LogP contribution in [0.3, 0.4) is 0 Å². The van der Waals surface area contributed by atoms with E-state index in [0.29, 0.717) is 12.0 Å². The van der Waals surface area contributed by atoms with Crippen LogP contribution >= 0.6 is 0 Å². The monoisotopic (exact) mass is 269 g/mol. The standard InChI is InChI=1S/C14H23NO4/c16-13(17)12-2-1-11(15-12)10-3-6-19-14(9-10)4-7-18-8-5-14/h10-12,15H,1-9H2,(H,16,17). The van der Waals surface area contributed by atoms with Crippen molar-refractivity contribution < 1.29 is 19.4 Å². The molecule has 3 unspecified atom stereocenters. The largest absolute Gasteiger partial charge is 0.480 e. The highest BCUT2D eigenvalue weighted by molar-refractivity contribution is 5.73. The molecular formula is C14H23NO4. The number of hydrogen-bond donors (Lipinski definition) is 2. The van der Waals surface area contributed by atoms with Gasteiger partial charge in [-0.3, -0.25) is 4.79 Å². The number of carboxylic acid groups (broad SMARTS) is 1. The van der Waals surface area contributed by atoms with Crippen molar-refractivity contribution in [1.29, 1.82) is 0 Å². The van der Waals surface area contributed by atoms with E-state index in [-0.39, 0.29) is 11.6 Å². The fraction of sp³-hybridized carbons (Fsp3) is 0.929. The summed E-state index contributed by atoms with van der Waals surface area (Å²) in [5.41, 5.74) is 0.00412. The number of carboxylic acids is 1. The molecule has 0 aromatic carbocycles. The van der Waals surface area contributed by atoms with Crippen LogP contribution in [0.2, 0.25) is 0 Å². The number of hydrogen-bond acceptors (Lipinski definition) is 4. The molecule has 3 rings (SSSR count). The van der Waals surface area contributed by atoms with Crippen LogP contribution in [-0.4, -0.2) is 48.6 Å². The van der Waals surface area contributed by atoms with Gasteiger partial charge in [0, 0.05) is 25.9 Å². The van der Waals surface area contributed by atoms with E-state index < -0.39 is 5.97 Å². The molecule has 0 bridgehead atoms. The molecule has 5 heteroatoms. The summed E-state index contributed by atoms with van der Waals surface area (Å²) in [6.07, 6.45) is 5.81. The average Bonchev–Trinajstić information content (AvgIpc) is 2.89. The molecule has 108 valence electrons. The lowest BCUT2D eigenvalue weighted by Crippen LogP contribution is -2.49. The molecule has 5 nitrogen and oxygen atoms in total. The van der Waals surface area contributed by atoms with Crippen molar-refractivity contribution >= 4 is 5.97 Å². The second kappa shape index (κ2) is 5.38. The number of ether oxygens (including phenoxy) is 2. The summed E-state index contributed by atoms with van der Waals surface area (Å²) in [7, 11) is 0. The molecule has 3 heterocycles. The van der Waals surface area contributed by atoms with Crippen LogP contribution < -0.4 is 5.32 Å². The third kappa shape index (κ3) is 2.78. The van der Waals surface area contributed by atoms with Crippen molar-refractivity contribution in [1.82, 2.24) is 5.32 Å². The second-order valence-corrected chi connectivity index (χ2v) is 6.14. The van der Waals surface area contributed by atoms with Crippen molar-refractivity contribution in [3.05, 3.63) is 0 Å². The smallest absolute Gasteiger partial charge is 0.320 e. The summed E-state index contributed by atoms with van der Waals surface area (Å²) in [6.45, 7) is 2.39. The number of aliphatic carboxylic acids is 1. The van der Waals surface area contributed by atoms with Gasteiger partial charge in [0.05, 0.1) is 5.60 Å². The maximum Gasteiger partial charge on any atom is 0.320 e. The maximum atomic E-state index is 11.0. The van der Waals surface area contributed by atoms with Crippen LogP contribution in [0.4, 0.5) is 0 Å². The summed E-state index contributed by atoms with van der Waals surface area (Å²) in [5, 5.41) is 12.4. The third-order valence-electron chi connectivity index (χ3n) is 4.98. The number of rotatable bonds is 2. The zero-order valence-corrected chi connectivity index (χ0v) is 11.3. The van der Waals surface area contributed by atoms with Crippen molar-refractivity contribution in [3.8, 4) is 0 Å². The molecule has 3 aliphatic heterocycles. The molecule has 19 heavy (non-hydrogen) atoms. The predicted molar refractivity (Wildman–Crippen MR) is 69.0 cm³/mol. The predicted octanol–water partition coefficient (Wildman–Crippen LogP) is 1.17. The molecule has 3 atom stereocenters. The highest BCUT2D eigenvalue weighted by atomic mass is 16.5. The van der Waals surface area contributed by atoms with Crippen molar-refractivity contribution in [2.24, 2.45) is 5.92 Å². The Morgan fingerprint density at radius 1 is 1.16 bits per heavy atom. The van der Waals surface area contributed by atoms with E-state index in [1.807, 2.05) is 0 Å². The third-order valence-corrected chi connectivity index (χ3v) is 4.98. The molecule has 2 N–H and O–H groups in total. The van der Waals surface area contributed by atoms with E-state index in [1.165, 1.54) is 0 Å². The summed E-state index contributed by atoms with van der Waals surface area (Å²) in [6, 6.07) is 0.00297. The second-order valence-electron chi connectivity index (χ2n) is 6.14. The Morgan fingerprint density at radius 3 is 2.63 bits per heavy atom. The first-order valence-electron chi connectivity index (χ1n) is 7.39. The highest BCUT2D eigenvalue weighted by Gasteiger charge is 2.43. The summed E-state index contributed by atoms with van der Waals surface area (Å²) < 4.78 is 11.5. The summed E-state index contributed by atoms with van der Waals surface area (Å²) in [4.78, 5) is 11.0. The van der Waals surface area contributed by atoms with Crippen molar-refractivity contribution in [3.63, 3.8) is 0 Å². The Hall–Kier alpha value is -0.650. The first-order valence-corrected chi connectivity index (χ1v) is 7.39. The fourth-order valence-corrected chi connectivity index (χ4v) is 3.84. The molecule has 0 aromatic rings. The minimum atomic E-state index is -0.713. The lowest BCUT2D eigenvalue weighted by atomic mass is 9.77. The van der Waals surface area contributed by atoms with E-state index in [4.69, 9.17) is 14.6 Å². The van der Waals surface area contributed by atoms with Crippen molar-refractivity contribution in [2.45, 2.75) is 56.2 Å². The summed E-state index contributed by atoms with van der Waals surface area (Å²) in [5.74, 6) is -0.161. The van der Waals surface area contributed by atoms with E-state index in [1.54, 1.807) is 0 Å². The maximum absolute atomic E-state index is 11.0. The Bertz CT molecular complexity index is 335. The van der Waals surface area contributed by atoms with Gasteiger partial charge >= 0.3 is 5.97 Å². The van der Waals surface area contributed by atoms with Crippen LogP contribution in [-0.2, 0) is 14.3 Å². The molecule has 0 aliphatic carbocycles. The Kier molecular flexibility index (Phi) is 3.78. The average molecular weight is 269 g/mol. The lowest BCUT2D eigenvalue weighted by molar-refractivity contribution is -0.150. The van der Waals surface area contributed by atoms with E-state index in [0.717, 1.165) is 58.3 Å². The van der Waals surface area contributed by atoms with Crippen LogP contribution in [0.25, 0.3) is 0 Å². The lowest BCUT2D eigenvalue weighted by Gasteiger charge is -2.45. The Balaban J connectivity index is 1.61. The van der Waals surface area contributed by atoms with Gasteiger partial charge < -0.3 is 19.9 Å². The fourth-order valence-electron chi connectivity index (χ4n) is 3.84. The van der Waals surface area contributed by atoms with Gasteiger partial charge in [0.2, 0.25) is 0 Å². The van der Waals surface area contributed by atoms with Gasteiger partial charge in [0.1, 0.15) is 6.04 Å². The topological polar surface area (TPSA) is 67.8 Å². The minimum absolute atomic E-state index is 0.00412. The zero-order chi connectivity index (χ0) is 13.3. The van der Waals surface area contributed by atoms with Gasteiger partial charge in [-0.1, -0.05) is 0 Å². The van der Waals surface area contributed by atoms with Gasteiger partial charge in [-0.25, -0.2) is 0 Å². The molecule has 3 saturated heterocycles. The molecule has 0 saturated carbocycles. The SMILES string of the molecule is O=C(O)C1CCC(C2CCOC3(CCOCC3)C2)N1. The van der Waals surface area contributed by atoms with Gasteiger partial charge in [-0.05, 0) is 44.4 Å². The van der Waals surface area contributed by atoms with Gasteiger partial charge in [-0.2, -0.15) is 0 Å². The molecule has 1 spiro atoms. The molecular weight excluding hydrogens is 246 g/mol.